The molecule has 1 N–H and O–H groups in total. The van der Waals surface area contributed by atoms with Gasteiger partial charge in [0.2, 0.25) is 0 Å². The number of anilines is 1. The van der Waals surface area contributed by atoms with Gasteiger partial charge in [0.05, 0.1) is 28.6 Å². The van der Waals surface area contributed by atoms with Crippen LogP contribution in [-0.4, -0.2) is 49.3 Å². The standard InChI is InChI=1S/C26H30F3N5O2/c1-16-11-18(13-31-24(16)33-9-7-19(8-10-33)25(3,4)36)12-22(35)21-15-32-34(17(21)2)23-6-5-20(14-30-23)26(27,28)29/h5-6,11,13-15,19,36H,7-10,12H2,1-4H3. The molecule has 0 aliphatic carbocycles. The van der Waals surface area contributed by atoms with Crippen molar-refractivity contribution in [3.05, 3.63) is 64.7 Å². The molecule has 3 aromatic rings. The number of piperidine rings is 1. The van der Waals surface area contributed by atoms with E-state index in [0.717, 1.165) is 55.1 Å². The zero-order valence-electron chi connectivity index (χ0n) is 20.8. The smallest absolute Gasteiger partial charge is 0.390 e. The second-order valence-electron chi connectivity index (χ2n) is 9.96. The second kappa shape index (κ2) is 9.65. The van der Waals surface area contributed by atoms with Crippen molar-refractivity contribution in [1.29, 1.82) is 0 Å². The van der Waals surface area contributed by atoms with Gasteiger partial charge >= 0.3 is 6.18 Å². The van der Waals surface area contributed by atoms with Crippen molar-refractivity contribution in [3.63, 3.8) is 0 Å². The maximum absolute atomic E-state index is 13.0. The molecule has 0 bridgehead atoms. The summed E-state index contributed by atoms with van der Waals surface area (Å²) in [5.74, 6) is 1.19. The highest BCUT2D eigenvalue weighted by Gasteiger charge is 2.32. The number of halogens is 3. The fraction of sp³-hybridized carbons (Fsp3) is 0.462. The van der Waals surface area contributed by atoms with Crippen LogP contribution >= 0.6 is 0 Å². The van der Waals surface area contributed by atoms with E-state index in [1.807, 2.05) is 26.8 Å². The Morgan fingerprint density at radius 1 is 1.08 bits per heavy atom. The highest BCUT2D eigenvalue weighted by Crippen LogP contribution is 2.31. The van der Waals surface area contributed by atoms with Crippen LogP contribution in [0.2, 0.25) is 0 Å². The first-order valence-corrected chi connectivity index (χ1v) is 11.9. The maximum Gasteiger partial charge on any atom is 0.417 e. The molecule has 1 fully saturated rings. The molecule has 0 aromatic carbocycles. The van der Waals surface area contributed by atoms with Crippen LogP contribution in [0.15, 0.2) is 36.8 Å². The first-order chi connectivity index (χ1) is 16.8. The summed E-state index contributed by atoms with van der Waals surface area (Å²) in [5.41, 5.74) is 1.10. The molecule has 1 aliphatic heterocycles. The first kappa shape index (κ1) is 25.8. The highest BCUT2D eigenvalue weighted by atomic mass is 19.4. The predicted molar refractivity (Wildman–Crippen MR) is 129 cm³/mol. The van der Waals surface area contributed by atoms with Crippen LogP contribution < -0.4 is 4.90 Å². The zero-order valence-corrected chi connectivity index (χ0v) is 20.8. The number of hydrogen-bond donors (Lipinski definition) is 1. The van der Waals surface area contributed by atoms with Gasteiger partial charge in [0.1, 0.15) is 5.82 Å². The number of carbonyl (C=O) groups is 1. The van der Waals surface area contributed by atoms with Crippen molar-refractivity contribution in [2.24, 2.45) is 5.92 Å². The molecule has 0 atom stereocenters. The molecule has 4 heterocycles. The molecule has 192 valence electrons. The molecule has 1 saturated heterocycles. The molecule has 36 heavy (non-hydrogen) atoms. The number of nitrogens with zero attached hydrogens (tertiary/aromatic N) is 5. The fourth-order valence-corrected chi connectivity index (χ4v) is 4.73. The van der Waals surface area contributed by atoms with Crippen molar-refractivity contribution in [2.45, 2.75) is 58.7 Å². The van der Waals surface area contributed by atoms with Gasteiger partial charge in [-0.3, -0.25) is 4.79 Å². The molecule has 3 aromatic heterocycles. The van der Waals surface area contributed by atoms with E-state index >= 15 is 0 Å². The predicted octanol–water partition coefficient (Wildman–Crippen LogP) is 4.71. The average molecular weight is 502 g/mol. The van der Waals surface area contributed by atoms with E-state index in [-0.39, 0.29) is 23.9 Å². The minimum absolute atomic E-state index is 0.127. The average Bonchev–Trinajstić information content (AvgIpc) is 3.19. The molecule has 1 aliphatic rings. The lowest BCUT2D eigenvalue weighted by atomic mass is 9.83. The summed E-state index contributed by atoms with van der Waals surface area (Å²) in [6.45, 7) is 9.00. The van der Waals surface area contributed by atoms with Crippen LogP contribution in [0.5, 0.6) is 0 Å². The highest BCUT2D eigenvalue weighted by molar-refractivity contribution is 5.98. The van der Waals surface area contributed by atoms with Crippen LogP contribution in [0.1, 0.15) is 59.4 Å². The molecule has 4 rings (SSSR count). The Morgan fingerprint density at radius 3 is 2.33 bits per heavy atom. The summed E-state index contributed by atoms with van der Waals surface area (Å²) in [5, 5.41) is 14.4. The van der Waals surface area contributed by atoms with Gasteiger partial charge < -0.3 is 10.0 Å². The lowest BCUT2D eigenvalue weighted by Gasteiger charge is -2.38. The van der Waals surface area contributed by atoms with Crippen molar-refractivity contribution < 1.29 is 23.1 Å². The number of hydrogen-bond acceptors (Lipinski definition) is 6. The number of alkyl halides is 3. The molecular weight excluding hydrogens is 471 g/mol. The molecule has 0 unspecified atom stereocenters. The van der Waals surface area contributed by atoms with Gasteiger partial charge in [-0.15, -0.1) is 0 Å². The summed E-state index contributed by atoms with van der Waals surface area (Å²) in [7, 11) is 0. The fourth-order valence-electron chi connectivity index (χ4n) is 4.73. The van der Waals surface area contributed by atoms with Crippen molar-refractivity contribution in [1.82, 2.24) is 19.7 Å². The van der Waals surface area contributed by atoms with E-state index < -0.39 is 17.3 Å². The van der Waals surface area contributed by atoms with Crippen molar-refractivity contribution in [3.8, 4) is 5.82 Å². The molecule has 10 heteroatoms. The first-order valence-electron chi connectivity index (χ1n) is 11.9. The van der Waals surface area contributed by atoms with E-state index in [9.17, 15) is 23.1 Å². The Morgan fingerprint density at radius 2 is 1.78 bits per heavy atom. The molecule has 7 nitrogen and oxygen atoms in total. The van der Waals surface area contributed by atoms with Gasteiger partial charge in [-0.1, -0.05) is 6.07 Å². The van der Waals surface area contributed by atoms with E-state index in [1.165, 1.54) is 16.9 Å². The Labute approximate surface area is 208 Å². The number of carbonyl (C=O) groups excluding carboxylic acids is 1. The number of aliphatic hydroxyl groups is 1. The van der Waals surface area contributed by atoms with Crippen LogP contribution in [-0.2, 0) is 12.6 Å². The van der Waals surface area contributed by atoms with E-state index in [0.29, 0.717) is 11.3 Å². The summed E-state index contributed by atoms with van der Waals surface area (Å²) in [4.78, 5) is 23.7. The number of rotatable bonds is 6. The van der Waals surface area contributed by atoms with Crippen LogP contribution in [0.4, 0.5) is 19.0 Å². The largest absolute Gasteiger partial charge is 0.417 e. The van der Waals surface area contributed by atoms with Gasteiger partial charge in [0.25, 0.3) is 0 Å². The molecular formula is C26H30F3N5O2. The molecule has 0 radical (unpaired) electrons. The minimum Gasteiger partial charge on any atom is -0.390 e. The third-order valence-electron chi connectivity index (χ3n) is 6.87. The zero-order chi connectivity index (χ0) is 26.3. The third kappa shape index (κ3) is 5.43. The number of Topliss-reactive ketones (excluding diaryl/α,β-unsaturated/α-hetero) is 1. The van der Waals surface area contributed by atoms with Crippen molar-refractivity contribution in [2.75, 3.05) is 18.0 Å². The summed E-state index contributed by atoms with van der Waals surface area (Å²) >= 11 is 0. The van der Waals surface area contributed by atoms with E-state index in [2.05, 4.69) is 20.0 Å². The van der Waals surface area contributed by atoms with Crippen LogP contribution in [0, 0.1) is 19.8 Å². The maximum atomic E-state index is 13.0. The number of aryl methyl sites for hydroxylation is 1. The van der Waals surface area contributed by atoms with Gasteiger partial charge in [-0.2, -0.15) is 18.3 Å². The SMILES string of the molecule is Cc1cc(CC(=O)c2cnn(-c3ccc(C(F)(F)F)cn3)c2C)cnc1N1CCC(C(C)(C)O)CC1. The monoisotopic (exact) mass is 501 g/mol. The number of aromatic nitrogens is 4. The Kier molecular flexibility index (Phi) is 6.92. The summed E-state index contributed by atoms with van der Waals surface area (Å²) < 4.78 is 39.8. The van der Waals surface area contributed by atoms with E-state index in [1.54, 1.807) is 13.1 Å². The normalized spacial score (nSPS) is 15.4. The van der Waals surface area contributed by atoms with E-state index in [4.69, 9.17) is 0 Å². The molecule has 0 amide bonds. The molecule has 0 spiro atoms. The summed E-state index contributed by atoms with van der Waals surface area (Å²) in [6.07, 6.45) is 1.31. The Hall–Kier alpha value is -3.27. The Balaban J connectivity index is 1.44. The van der Waals surface area contributed by atoms with Gasteiger partial charge in [0, 0.05) is 31.9 Å². The lowest BCUT2D eigenvalue weighted by molar-refractivity contribution is -0.137. The summed E-state index contributed by atoms with van der Waals surface area (Å²) in [6, 6.07) is 4.13. The topological polar surface area (TPSA) is 84.1 Å². The second-order valence-corrected chi connectivity index (χ2v) is 9.96. The molecule has 0 saturated carbocycles. The number of pyridine rings is 2. The third-order valence-corrected chi connectivity index (χ3v) is 6.87. The Bertz CT molecular complexity index is 1240. The minimum atomic E-state index is -4.47. The lowest BCUT2D eigenvalue weighted by Crippen LogP contribution is -2.42. The van der Waals surface area contributed by atoms with Gasteiger partial charge in [-0.25, -0.2) is 14.6 Å². The van der Waals surface area contributed by atoms with Gasteiger partial charge in [-0.05, 0) is 69.7 Å². The van der Waals surface area contributed by atoms with Crippen LogP contribution in [0.3, 0.4) is 0 Å². The van der Waals surface area contributed by atoms with Crippen LogP contribution in [0.25, 0.3) is 5.82 Å². The van der Waals surface area contributed by atoms with Gasteiger partial charge in [0.15, 0.2) is 11.6 Å². The quantitative estimate of drug-likeness (QED) is 0.493. The van der Waals surface area contributed by atoms with Crippen molar-refractivity contribution >= 4 is 11.6 Å². The number of ketones is 1.